The molecule has 0 aliphatic rings. The molecule has 0 aliphatic heterocycles. The van der Waals surface area contributed by atoms with Gasteiger partial charge in [-0.15, -0.1) is 0 Å². The van der Waals surface area contributed by atoms with Crippen LogP contribution in [0.4, 0.5) is 0 Å². The van der Waals surface area contributed by atoms with Crippen LogP contribution in [-0.4, -0.2) is 26.7 Å². The van der Waals surface area contributed by atoms with Gasteiger partial charge in [0.1, 0.15) is 0 Å². The average Bonchev–Trinajstić information content (AvgIpc) is 3.06. The Labute approximate surface area is 155 Å². The topological polar surface area (TPSA) is 66.4 Å². The normalized spacial score (nSPS) is 13.2. The van der Waals surface area contributed by atoms with Crippen LogP contribution in [0, 0.1) is 27.7 Å². The van der Waals surface area contributed by atoms with E-state index in [9.17, 15) is 13.5 Å². The van der Waals surface area contributed by atoms with Gasteiger partial charge in [0.2, 0.25) is 10.0 Å². The van der Waals surface area contributed by atoms with Crippen LogP contribution in [0.2, 0.25) is 0 Å². The summed E-state index contributed by atoms with van der Waals surface area (Å²) in [5, 5.41) is 13.3. The zero-order chi connectivity index (χ0) is 18.6. The van der Waals surface area contributed by atoms with Crippen LogP contribution in [0.1, 0.15) is 46.6 Å². The van der Waals surface area contributed by atoms with Crippen molar-refractivity contribution >= 4 is 21.4 Å². The second-order valence-corrected chi connectivity index (χ2v) is 9.03. The van der Waals surface area contributed by atoms with E-state index in [-0.39, 0.29) is 12.5 Å². The van der Waals surface area contributed by atoms with Crippen LogP contribution in [0.25, 0.3) is 0 Å². The van der Waals surface area contributed by atoms with E-state index < -0.39 is 10.0 Å². The Morgan fingerprint density at radius 3 is 2.28 bits per heavy atom. The molecule has 0 fully saturated rings. The maximum Gasteiger partial charge on any atom is 0.241 e. The molecule has 0 amide bonds. The highest BCUT2D eigenvalue weighted by Gasteiger charge is 2.22. The van der Waals surface area contributed by atoms with E-state index in [1.54, 1.807) is 11.3 Å². The van der Waals surface area contributed by atoms with Gasteiger partial charge < -0.3 is 5.11 Å². The summed E-state index contributed by atoms with van der Waals surface area (Å²) in [7, 11) is -3.56. The molecular formula is C19H27NO3S2. The first-order valence-electron chi connectivity index (χ1n) is 8.48. The van der Waals surface area contributed by atoms with Crippen LogP contribution in [0.3, 0.4) is 0 Å². The first kappa shape index (κ1) is 20.1. The largest absolute Gasteiger partial charge is 0.396 e. The summed E-state index contributed by atoms with van der Waals surface area (Å²) in [5.41, 5.74) is 4.75. The summed E-state index contributed by atoms with van der Waals surface area (Å²) < 4.78 is 28.4. The zero-order valence-corrected chi connectivity index (χ0v) is 16.9. The number of aliphatic hydroxyl groups excluding tert-OH is 1. The van der Waals surface area contributed by atoms with E-state index in [2.05, 4.69) is 10.1 Å². The number of nitrogens with one attached hydrogen (secondary N) is 1. The Morgan fingerprint density at radius 1 is 1.12 bits per heavy atom. The minimum atomic E-state index is -3.56. The van der Waals surface area contributed by atoms with Crippen LogP contribution in [-0.2, 0) is 10.0 Å². The summed E-state index contributed by atoms with van der Waals surface area (Å²) in [6.07, 6.45) is 1.31. The van der Waals surface area contributed by atoms with E-state index >= 15 is 0 Å². The summed E-state index contributed by atoms with van der Waals surface area (Å²) in [6, 6.07) is 4.06. The van der Waals surface area contributed by atoms with Gasteiger partial charge in [-0.2, -0.15) is 11.3 Å². The highest BCUT2D eigenvalue weighted by Crippen LogP contribution is 2.27. The summed E-state index contributed by atoms with van der Waals surface area (Å²) in [6.45, 7) is 8.05. The van der Waals surface area contributed by atoms with E-state index in [1.807, 2.05) is 45.2 Å². The number of benzene rings is 1. The minimum absolute atomic E-state index is 0.0998. The molecule has 0 saturated carbocycles. The van der Waals surface area contributed by atoms with Gasteiger partial charge in [-0.1, -0.05) is 6.07 Å². The van der Waals surface area contributed by atoms with Crippen molar-refractivity contribution in [1.29, 1.82) is 0 Å². The Morgan fingerprint density at radius 2 is 1.76 bits per heavy atom. The smallest absolute Gasteiger partial charge is 0.241 e. The predicted molar refractivity (Wildman–Crippen MR) is 104 cm³/mol. The van der Waals surface area contributed by atoms with Crippen LogP contribution >= 0.6 is 11.3 Å². The van der Waals surface area contributed by atoms with Crippen molar-refractivity contribution in [2.75, 3.05) is 13.2 Å². The maximum absolute atomic E-state index is 12.8. The third-order valence-electron chi connectivity index (χ3n) is 4.84. The van der Waals surface area contributed by atoms with Crippen molar-refractivity contribution in [1.82, 2.24) is 4.72 Å². The molecule has 0 radical (unpaired) electrons. The van der Waals surface area contributed by atoms with E-state index in [4.69, 9.17) is 0 Å². The van der Waals surface area contributed by atoms with Crippen molar-refractivity contribution in [3.05, 3.63) is 50.7 Å². The fourth-order valence-electron chi connectivity index (χ4n) is 3.16. The molecule has 0 spiro atoms. The number of rotatable bonds is 8. The molecule has 0 saturated heterocycles. The number of aliphatic hydroxyl groups is 1. The lowest BCUT2D eigenvalue weighted by atomic mass is 9.95. The van der Waals surface area contributed by atoms with E-state index in [0.29, 0.717) is 24.3 Å². The summed E-state index contributed by atoms with van der Waals surface area (Å²) in [5.74, 6) is 0.167. The third kappa shape index (κ3) is 4.70. The van der Waals surface area contributed by atoms with E-state index in [1.165, 1.54) is 0 Å². The molecule has 2 rings (SSSR count). The Bertz CT molecular complexity index is 785. The molecule has 138 valence electrons. The predicted octanol–water partition coefficient (Wildman–Crippen LogP) is 3.82. The third-order valence-corrected chi connectivity index (χ3v) is 7.28. The van der Waals surface area contributed by atoms with Gasteiger partial charge >= 0.3 is 0 Å². The Kier molecular flexibility index (Phi) is 6.79. The number of aryl methyl sites for hydroxylation is 2. The molecular weight excluding hydrogens is 354 g/mol. The highest BCUT2D eigenvalue weighted by molar-refractivity contribution is 7.89. The van der Waals surface area contributed by atoms with Gasteiger partial charge in [-0.3, -0.25) is 0 Å². The standard InChI is InChI=1S/C19H27NO3S2/c1-13-11-14(2)16(4)19(15(13)3)25(22,23)20-8-5-17(6-9-21)18-7-10-24-12-18/h7,10-12,17,20-21H,5-6,8-9H2,1-4H3/t17-/m1/s1. The lowest BCUT2D eigenvalue weighted by Crippen LogP contribution is -2.28. The molecule has 1 atom stereocenters. The minimum Gasteiger partial charge on any atom is -0.396 e. The Hall–Kier alpha value is -1.21. The fourth-order valence-corrected chi connectivity index (χ4v) is 5.57. The molecule has 25 heavy (non-hydrogen) atoms. The van der Waals surface area contributed by atoms with Crippen LogP contribution in [0.15, 0.2) is 27.8 Å². The first-order valence-corrected chi connectivity index (χ1v) is 10.9. The van der Waals surface area contributed by atoms with Gasteiger partial charge in [-0.25, -0.2) is 13.1 Å². The first-order chi connectivity index (χ1) is 11.8. The van der Waals surface area contributed by atoms with E-state index in [0.717, 1.165) is 27.8 Å². The van der Waals surface area contributed by atoms with Crippen molar-refractivity contribution in [3.63, 3.8) is 0 Å². The summed E-state index contributed by atoms with van der Waals surface area (Å²) in [4.78, 5) is 0.402. The number of sulfonamides is 1. The molecule has 0 unspecified atom stereocenters. The molecule has 1 aromatic carbocycles. The molecule has 1 heterocycles. The SMILES string of the molecule is Cc1cc(C)c(C)c(S(=O)(=O)NCC[C@H](CCO)c2ccsc2)c1C. The second kappa shape index (κ2) is 8.45. The number of thiophene rings is 1. The van der Waals surface area contributed by atoms with Crippen molar-refractivity contribution in [2.24, 2.45) is 0 Å². The van der Waals surface area contributed by atoms with Crippen LogP contribution in [0.5, 0.6) is 0 Å². The molecule has 4 nitrogen and oxygen atoms in total. The molecule has 0 bridgehead atoms. The average molecular weight is 382 g/mol. The fraction of sp³-hybridized carbons (Fsp3) is 0.474. The van der Waals surface area contributed by atoms with Gasteiger partial charge in [0.15, 0.2) is 0 Å². The highest BCUT2D eigenvalue weighted by atomic mass is 32.2. The Balaban J connectivity index is 2.15. The second-order valence-electron chi connectivity index (χ2n) is 6.54. The lowest BCUT2D eigenvalue weighted by molar-refractivity contribution is 0.273. The molecule has 2 aromatic rings. The van der Waals surface area contributed by atoms with Gasteiger partial charge in [0.25, 0.3) is 0 Å². The van der Waals surface area contributed by atoms with Gasteiger partial charge in [0.05, 0.1) is 4.90 Å². The maximum atomic E-state index is 12.8. The number of hydrogen-bond donors (Lipinski definition) is 2. The monoisotopic (exact) mass is 381 g/mol. The van der Waals surface area contributed by atoms with Crippen molar-refractivity contribution in [2.45, 2.75) is 51.3 Å². The molecule has 1 aromatic heterocycles. The quantitative estimate of drug-likeness (QED) is 0.730. The van der Waals surface area contributed by atoms with Crippen molar-refractivity contribution < 1.29 is 13.5 Å². The van der Waals surface area contributed by atoms with Crippen molar-refractivity contribution in [3.8, 4) is 0 Å². The summed E-state index contributed by atoms with van der Waals surface area (Å²) >= 11 is 1.62. The van der Waals surface area contributed by atoms with Crippen LogP contribution < -0.4 is 4.72 Å². The molecule has 6 heteroatoms. The zero-order valence-electron chi connectivity index (χ0n) is 15.3. The van der Waals surface area contributed by atoms with Gasteiger partial charge in [-0.05, 0) is 91.1 Å². The molecule has 0 aliphatic carbocycles. The lowest BCUT2D eigenvalue weighted by Gasteiger charge is -2.18. The molecule has 2 N–H and O–H groups in total. The van der Waals surface area contributed by atoms with Gasteiger partial charge in [0, 0.05) is 13.2 Å². The number of hydrogen-bond acceptors (Lipinski definition) is 4.